The van der Waals surface area contributed by atoms with Crippen LogP contribution in [0.25, 0.3) is 5.70 Å². The molecule has 0 fully saturated rings. The van der Waals surface area contributed by atoms with Crippen LogP contribution in [0.5, 0.6) is 0 Å². The fourth-order valence-corrected chi connectivity index (χ4v) is 2.16. The molecule has 128 valence electrons. The van der Waals surface area contributed by atoms with Crippen LogP contribution in [0.3, 0.4) is 0 Å². The Labute approximate surface area is 145 Å². The number of halogens is 1. The van der Waals surface area contributed by atoms with Gasteiger partial charge in [0.15, 0.2) is 0 Å². The van der Waals surface area contributed by atoms with Gasteiger partial charge in [-0.15, -0.1) is 0 Å². The van der Waals surface area contributed by atoms with Crippen molar-refractivity contribution in [1.82, 2.24) is 4.98 Å². The van der Waals surface area contributed by atoms with Crippen molar-refractivity contribution in [3.05, 3.63) is 78.3 Å². The Balaban J connectivity index is 0.00000139. The van der Waals surface area contributed by atoms with Crippen LogP contribution < -0.4 is 5.32 Å². The van der Waals surface area contributed by atoms with Gasteiger partial charge in [0.05, 0.1) is 0 Å². The van der Waals surface area contributed by atoms with E-state index in [1.165, 1.54) is 17.7 Å². The summed E-state index contributed by atoms with van der Waals surface area (Å²) >= 11 is 0. The standard InChI is InChI=1S/C19H21FN2.C2H6/c1-5-13(2)14(3)17-8-11-19(21-12-17)22-15(4)16-6-9-18(20)10-7-16;1-2/h6-12,14H,2,4-5H2,1,3H3,(H,21,22);1-2H3. The van der Waals surface area contributed by atoms with E-state index >= 15 is 0 Å². The predicted octanol–water partition coefficient (Wildman–Crippen LogP) is 6.40. The van der Waals surface area contributed by atoms with E-state index in [1.807, 2.05) is 32.2 Å². The summed E-state index contributed by atoms with van der Waals surface area (Å²) in [5.74, 6) is 0.753. The molecule has 0 aliphatic rings. The van der Waals surface area contributed by atoms with Gasteiger partial charge < -0.3 is 5.32 Å². The molecule has 24 heavy (non-hydrogen) atoms. The number of rotatable bonds is 6. The second kappa shape index (κ2) is 9.66. The number of hydrogen-bond acceptors (Lipinski definition) is 2. The van der Waals surface area contributed by atoms with E-state index in [-0.39, 0.29) is 5.82 Å². The third kappa shape index (κ3) is 5.34. The summed E-state index contributed by atoms with van der Waals surface area (Å²) < 4.78 is 12.9. The summed E-state index contributed by atoms with van der Waals surface area (Å²) in [7, 11) is 0. The first-order chi connectivity index (χ1) is 11.5. The minimum absolute atomic E-state index is 0.260. The maximum Gasteiger partial charge on any atom is 0.130 e. The van der Waals surface area contributed by atoms with E-state index in [0.717, 1.165) is 17.5 Å². The molecule has 1 heterocycles. The molecule has 0 spiro atoms. The first-order valence-corrected chi connectivity index (χ1v) is 8.36. The molecular weight excluding hydrogens is 299 g/mol. The summed E-state index contributed by atoms with van der Waals surface area (Å²) in [4.78, 5) is 4.41. The molecule has 2 rings (SSSR count). The molecule has 1 N–H and O–H groups in total. The average molecular weight is 326 g/mol. The van der Waals surface area contributed by atoms with Crippen molar-refractivity contribution in [2.24, 2.45) is 0 Å². The molecule has 2 aromatic rings. The summed E-state index contributed by atoms with van der Waals surface area (Å²) in [6.45, 7) is 16.3. The Morgan fingerprint density at radius 1 is 1.12 bits per heavy atom. The van der Waals surface area contributed by atoms with Crippen LogP contribution in [0, 0.1) is 5.82 Å². The Hall–Kier alpha value is -2.42. The lowest BCUT2D eigenvalue weighted by Crippen LogP contribution is -2.02. The fraction of sp³-hybridized carbons (Fsp3) is 0.286. The highest BCUT2D eigenvalue weighted by Crippen LogP contribution is 2.25. The molecule has 1 atom stereocenters. The quantitative estimate of drug-likeness (QED) is 0.621. The third-order valence-corrected chi connectivity index (χ3v) is 3.82. The van der Waals surface area contributed by atoms with Crippen molar-refractivity contribution in [2.75, 3.05) is 5.32 Å². The highest BCUT2D eigenvalue weighted by molar-refractivity contribution is 5.73. The van der Waals surface area contributed by atoms with E-state index in [0.29, 0.717) is 17.4 Å². The lowest BCUT2D eigenvalue weighted by atomic mass is 9.94. The maximum absolute atomic E-state index is 12.9. The number of nitrogens with one attached hydrogen (secondary N) is 1. The highest BCUT2D eigenvalue weighted by Gasteiger charge is 2.09. The summed E-state index contributed by atoms with van der Waals surface area (Å²) in [5.41, 5.74) is 3.86. The van der Waals surface area contributed by atoms with Crippen LogP contribution in [0.4, 0.5) is 10.2 Å². The molecular formula is C21H27FN2. The van der Waals surface area contributed by atoms with E-state index in [9.17, 15) is 4.39 Å². The molecule has 0 saturated heterocycles. The van der Waals surface area contributed by atoms with Crippen LogP contribution in [-0.4, -0.2) is 4.98 Å². The molecule has 0 aliphatic carbocycles. The number of nitrogens with zero attached hydrogens (tertiary/aromatic N) is 1. The number of pyridine rings is 1. The lowest BCUT2D eigenvalue weighted by Gasteiger charge is -2.14. The van der Waals surface area contributed by atoms with Gasteiger partial charge in [-0.2, -0.15) is 0 Å². The first-order valence-electron chi connectivity index (χ1n) is 8.36. The minimum Gasteiger partial charge on any atom is -0.340 e. The fourth-order valence-electron chi connectivity index (χ4n) is 2.16. The Kier molecular flexibility index (Phi) is 7.90. The van der Waals surface area contributed by atoms with Gasteiger partial charge in [0.1, 0.15) is 11.6 Å². The second-order valence-electron chi connectivity index (χ2n) is 5.32. The number of allylic oxidation sites excluding steroid dienone is 1. The summed E-state index contributed by atoms with van der Waals surface area (Å²) in [6.07, 6.45) is 2.81. The maximum atomic E-state index is 12.9. The van der Waals surface area contributed by atoms with Gasteiger partial charge in [-0.3, -0.25) is 0 Å². The Bertz CT molecular complexity index is 657. The lowest BCUT2D eigenvalue weighted by molar-refractivity contribution is 0.627. The number of anilines is 1. The van der Waals surface area contributed by atoms with Gasteiger partial charge in [0, 0.05) is 17.8 Å². The zero-order valence-electron chi connectivity index (χ0n) is 15.1. The van der Waals surface area contributed by atoms with Crippen molar-refractivity contribution >= 4 is 11.5 Å². The molecule has 2 nitrogen and oxygen atoms in total. The number of aromatic nitrogens is 1. The zero-order chi connectivity index (χ0) is 18.1. The normalized spacial score (nSPS) is 11.0. The van der Waals surface area contributed by atoms with Crippen molar-refractivity contribution in [3.8, 4) is 0 Å². The average Bonchev–Trinajstić information content (AvgIpc) is 2.63. The van der Waals surface area contributed by atoms with E-state index < -0.39 is 0 Å². The zero-order valence-corrected chi connectivity index (χ0v) is 15.1. The largest absolute Gasteiger partial charge is 0.340 e. The molecule has 1 aromatic carbocycles. The van der Waals surface area contributed by atoms with Crippen molar-refractivity contribution < 1.29 is 4.39 Å². The monoisotopic (exact) mass is 326 g/mol. The summed E-state index contributed by atoms with van der Waals surface area (Å²) in [6, 6.07) is 10.2. The molecule has 3 heteroatoms. The van der Waals surface area contributed by atoms with Gasteiger partial charge in [-0.1, -0.05) is 64.6 Å². The van der Waals surface area contributed by atoms with Gasteiger partial charge >= 0.3 is 0 Å². The van der Waals surface area contributed by atoms with Crippen LogP contribution >= 0.6 is 0 Å². The molecule has 0 aliphatic heterocycles. The smallest absolute Gasteiger partial charge is 0.130 e. The van der Waals surface area contributed by atoms with Crippen LogP contribution in [0.15, 0.2) is 61.3 Å². The minimum atomic E-state index is -0.260. The van der Waals surface area contributed by atoms with Crippen LogP contribution in [-0.2, 0) is 0 Å². The molecule has 1 unspecified atom stereocenters. The molecule has 0 radical (unpaired) electrons. The first kappa shape index (κ1) is 19.6. The molecule has 0 bridgehead atoms. The van der Waals surface area contributed by atoms with Gasteiger partial charge in [0.2, 0.25) is 0 Å². The SMILES string of the molecule is C=C(Nc1ccc(C(C)C(=C)CC)cn1)c1ccc(F)cc1.CC. The topological polar surface area (TPSA) is 24.9 Å². The van der Waals surface area contributed by atoms with Gasteiger partial charge in [-0.25, -0.2) is 9.37 Å². The predicted molar refractivity (Wildman–Crippen MR) is 102 cm³/mol. The Morgan fingerprint density at radius 3 is 2.25 bits per heavy atom. The Morgan fingerprint density at radius 2 is 1.75 bits per heavy atom. The van der Waals surface area contributed by atoms with Gasteiger partial charge in [-0.05, 0) is 35.7 Å². The highest BCUT2D eigenvalue weighted by atomic mass is 19.1. The van der Waals surface area contributed by atoms with Crippen molar-refractivity contribution in [2.45, 2.75) is 40.0 Å². The van der Waals surface area contributed by atoms with E-state index in [1.54, 1.807) is 12.1 Å². The van der Waals surface area contributed by atoms with Crippen LogP contribution in [0.2, 0.25) is 0 Å². The molecule has 0 saturated carbocycles. The van der Waals surface area contributed by atoms with Crippen LogP contribution in [0.1, 0.15) is 51.2 Å². The van der Waals surface area contributed by atoms with E-state index in [2.05, 4.69) is 37.3 Å². The third-order valence-electron chi connectivity index (χ3n) is 3.82. The number of benzene rings is 1. The van der Waals surface area contributed by atoms with Crippen molar-refractivity contribution in [1.29, 1.82) is 0 Å². The van der Waals surface area contributed by atoms with Gasteiger partial charge in [0.25, 0.3) is 0 Å². The number of hydrogen-bond donors (Lipinski definition) is 1. The van der Waals surface area contributed by atoms with E-state index in [4.69, 9.17) is 0 Å². The molecule has 1 aromatic heterocycles. The summed E-state index contributed by atoms with van der Waals surface area (Å²) in [5, 5.41) is 3.14. The van der Waals surface area contributed by atoms with Crippen molar-refractivity contribution in [3.63, 3.8) is 0 Å². The second-order valence-corrected chi connectivity index (χ2v) is 5.32. The molecule has 0 amide bonds.